The minimum atomic E-state index is -0.436. The third-order valence-electron chi connectivity index (χ3n) is 4.25. The molecule has 168 valence electrons. The summed E-state index contributed by atoms with van der Waals surface area (Å²) >= 11 is 1.29. The van der Waals surface area contributed by atoms with E-state index in [2.05, 4.69) is 20.4 Å². The van der Waals surface area contributed by atoms with E-state index >= 15 is 0 Å². The third kappa shape index (κ3) is 7.17. The van der Waals surface area contributed by atoms with Crippen LogP contribution < -0.4 is 5.32 Å². The van der Waals surface area contributed by atoms with Gasteiger partial charge in [-0.2, -0.15) is 4.98 Å². The Balaban J connectivity index is 1.44. The molecule has 0 fully saturated rings. The molecule has 9 nitrogen and oxygen atoms in total. The zero-order chi connectivity index (χ0) is 22.6. The van der Waals surface area contributed by atoms with E-state index in [1.54, 1.807) is 43.8 Å². The average molecular weight is 457 g/mol. The van der Waals surface area contributed by atoms with Gasteiger partial charge in [-0.25, -0.2) is 4.79 Å². The van der Waals surface area contributed by atoms with E-state index in [4.69, 9.17) is 14.0 Å². The molecule has 3 rings (SSSR count). The Hall–Kier alpha value is -3.24. The summed E-state index contributed by atoms with van der Waals surface area (Å²) in [4.78, 5) is 33.4. The molecule has 0 unspecified atom stereocenters. The molecular formula is C22H24N4O5S. The number of aromatic nitrogens is 3. The number of pyridine rings is 1. The van der Waals surface area contributed by atoms with Crippen molar-refractivity contribution >= 4 is 23.6 Å². The molecule has 2 aromatic heterocycles. The molecular weight excluding hydrogens is 432 g/mol. The second-order valence-electron chi connectivity index (χ2n) is 6.62. The van der Waals surface area contributed by atoms with Gasteiger partial charge in [0.05, 0.1) is 24.5 Å². The second kappa shape index (κ2) is 12.6. The van der Waals surface area contributed by atoms with E-state index in [0.717, 1.165) is 5.56 Å². The lowest BCUT2D eigenvalue weighted by Crippen LogP contribution is -2.28. The first-order valence-corrected chi connectivity index (χ1v) is 11.0. The molecule has 3 aromatic rings. The van der Waals surface area contributed by atoms with Gasteiger partial charge in [-0.3, -0.25) is 9.78 Å². The lowest BCUT2D eigenvalue weighted by molar-refractivity contribution is -0.118. The first-order chi connectivity index (χ1) is 15.7. The Morgan fingerprint density at radius 3 is 2.84 bits per heavy atom. The fourth-order valence-electron chi connectivity index (χ4n) is 2.68. The quantitative estimate of drug-likeness (QED) is 0.249. The number of amides is 1. The summed E-state index contributed by atoms with van der Waals surface area (Å²) in [6.07, 6.45) is 4.36. The third-order valence-corrected chi connectivity index (χ3v) is 5.32. The Morgan fingerprint density at radius 2 is 2.03 bits per heavy atom. The SMILES string of the molecule is COCCNC(=O)CSc1ccccc1C(=O)OCCCc1nc(-c2cccnc2)no1. The molecule has 0 saturated carbocycles. The Morgan fingerprint density at radius 1 is 1.16 bits per heavy atom. The van der Waals surface area contributed by atoms with Crippen LogP contribution >= 0.6 is 11.8 Å². The van der Waals surface area contributed by atoms with Crippen LogP contribution in [0.15, 0.2) is 58.2 Å². The van der Waals surface area contributed by atoms with Crippen LogP contribution in [-0.4, -0.2) is 59.6 Å². The summed E-state index contributed by atoms with van der Waals surface area (Å²) in [5.74, 6) is 0.581. The fourth-order valence-corrected chi connectivity index (χ4v) is 3.55. The van der Waals surface area contributed by atoms with Crippen LogP contribution in [0, 0.1) is 0 Å². The molecule has 0 aliphatic rings. The van der Waals surface area contributed by atoms with Crippen LogP contribution in [0.5, 0.6) is 0 Å². The van der Waals surface area contributed by atoms with Crippen LogP contribution in [-0.2, 0) is 20.7 Å². The van der Waals surface area contributed by atoms with Crippen molar-refractivity contribution in [3.63, 3.8) is 0 Å². The van der Waals surface area contributed by atoms with Gasteiger partial charge in [0.2, 0.25) is 17.6 Å². The van der Waals surface area contributed by atoms with Gasteiger partial charge in [-0.1, -0.05) is 17.3 Å². The van der Waals surface area contributed by atoms with Gasteiger partial charge in [-0.05, 0) is 30.7 Å². The molecule has 0 aliphatic heterocycles. The lowest BCUT2D eigenvalue weighted by Gasteiger charge is -2.09. The van der Waals surface area contributed by atoms with E-state index in [9.17, 15) is 9.59 Å². The van der Waals surface area contributed by atoms with Crippen LogP contribution in [0.25, 0.3) is 11.4 Å². The van der Waals surface area contributed by atoms with Crippen LogP contribution in [0.4, 0.5) is 0 Å². The van der Waals surface area contributed by atoms with Gasteiger partial charge < -0.3 is 19.3 Å². The maximum absolute atomic E-state index is 12.5. The number of methoxy groups -OCH3 is 1. The topological polar surface area (TPSA) is 116 Å². The molecule has 0 saturated heterocycles. The predicted molar refractivity (Wildman–Crippen MR) is 118 cm³/mol. The Bertz CT molecular complexity index is 1010. The largest absolute Gasteiger partial charge is 0.462 e. The number of esters is 1. The number of nitrogens with one attached hydrogen (secondary N) is 1. The van der Waals surface area contributed by atoms with Gasteiger partial charge in [0, 0.05) is 42.9 Å². The normalized spacial score (nSPS) is 10.7. The number of nitrogens with zero attached hydrogens (tertiary/aromatic N) is 3. The van der Waals surface area contributed by atoms with E-state index in [1.807, 2.05) is 12.1 Å². The number of thioether (sulfide) groups is 1. The molecule has 0 spiro atoms. The number of carbonyl (C=O) groups is 2. The molecule has 0 bridgehead atoms. The molecule has 10 heteroatoms. The molecule has 0 aliphatic carbocycles. The van der Waals surface area contributed by atoms with Crippen molar-refractivity contribution in [1.82, 2.24) is 20.4 Å². The molecule has 1 N–H and O–H groups in total. The summed E-state index contributed by atoms with van der Waals surface area (Å²) in [5.41, 5.74) is 1.20. The first kappa shape index (κ1) is 23.4. The highest BCUT2D eigenvalue weighted by molar-refractivity contribution is 8.00. The standard InChI is InChI=1S/C22H24N4O5S/c1-29-13-11-24-19(27)15-32-18-8-3-2-7-17(18)22(28)30-12-5-9-20-25-21(26-31-20)16-6-4-10-23-14-16/h2-4,6-8,10,14H,5,9,11-13,15H2,1H3,(H,24,27). The lowest BCUT2D eigenvalue weighted by atomic mass is 10.2. The minimum absolute atomic E-state index is 0.125. The minimum Gasteiger partial charge on any atom is -0.462 e. The van der Waals surface area contributed by atoms with Crippen molar-refractivity contribution in [3.05, 3.63) is 60.2 Å². The summed E-state index contributed by atoms with van der Waals surface area (Å²) in [6.45, 7) is 1.11. The molecule has 0 atom stereocenters. The number of hydrogen-bond donors (Lipinski definition) is 1. The van der Waals surface area contributed by atoms with Gasteiger partial charge in [-0.15, -0.1) is 11.8 Å². The Kier molecular flexibility index (Phi) is 9.20. The Labute approximate surface area is 189 Å². The van der Waals surface area contributed by atoms with Gasteiger partial charge >= 0.3 is 5.97 Å². The van der Waals surface area contributed by atoms with E-state index in [0.29, 0.717) is 48.2 Å². The maximum Gasteiger partial charge on any atom is 0.339 e. The second-order valence-corrected chi connectivity index (χ2v) is 7.64. The number of hydrogen-bond acceptors (Lipinski definition) is 9. The number of carbonyl (C=O) groups excluding carboxylic acids is 2. The van der Waals surface area contributed by atoms with E-state index < -0.39 is 5.97 Å². The van der Waals surface area contributed by atoms with Gasteiger partial charge in [0.25, 0.3) is 0 Å². The van der Waals surface area contributed by atoms with E-state index in [1.165, 1.54) is 11.8 Å². The predicted octanol–water partition coefficient (Wildman–Crippen LogP) is 2.78. The summed E-state index contributed by atoms with van der Waals surface area (Å²) in [6, 6.07) is 10.7. The number of benzene rings is 1. The first-order valence-electron chi connectivity index (χ1n) is 10.0. The van der Waals surface area contributed by atoms with Crippen molar-refractivity contribution in [1.29, 1.82) is 0 Å². The summed E-state index contributed by atoms with van der Waals surface area (Å²) < 4.78 is 15.5. The molecule has 1 amide bonds. The number of aryl methyl sites for hydroxylation is 1. The molecule has 2 heterocycles. The van der Waals surface area contributed by atoms with Crippen molar-refractivity contribution < 1.29 is 23.6 Å². The summed E-state index contributed by atoms with van der Waals surface area (Å²) in [5, 5.41) is 6.69. The summed E-state index contributed by atoms with van der Waals surface area (Å²) in [7, 11) is 1.57. The van der Waals surface area contributed by atoms with Gasteiger partial charge in [0.15, 0.2) is 0 Å². The average Bonchev–Trinajstić information content (AvgIpc) is 3.30. The number of rotatable bonds is 12. The highest BCUT2D eigenvalue weighted by Crippen LogP contribution is 2.23. The number of ether oxygens (including phenoxy) is 2. The monoisotopic (exact) mass is 456 g/mol. The van der Waals surface area contributed by atoms with E-state index in [-0.39, 0.29) is 18.3 Å². The van der Waals surface area contributed by atoms with Gasteiger partial charge in [0.1, 0.15) is 0 Å². The molecule has 32 heavy (non-hydrogen) atoms. The molecule has 0 radical (unpaired) electrons. The highest BCUT2D eigenvalue weighted by atomic mass is 32.2. The fraction of sp³-hybridized carbons (Fsp3) is 0.318. The zero-order valence-corrected chi connectivity index (χ0v) is 18.5. The van der Waals surface area contributed by atoms with Crippen molar-refractivity contribution in [3.8, 4) is 11.4 Å². The zero-order valence-electron chi connectivity index (χ0n) is 17.7. The van der Waals surface area contributed by atoms with Crippen LogP contribution in [0.3, 0.4) is 0 Å². The van der Waals surface area contributed by atoms with Crippen molar-refractivity contribution in [2.75, 3.05) is 32.6 Å². The van der Waals surface area contributed by atoms with Crippen LogP contribution in [0.2, 0.25) is 0 Å². The maximum atomic E-state index is 12.5. The van der Waals surface area contributed by atoms with Crippen molar-refractivity contribution in [2.45, 2.75) is 17.7 Å². The highest BCUT2D eigenvalue weighted by Gasteiger charge is 2.15. The molecule has 1 aromatic carbocycles. The van der Waals surface area contributed by atoms with Crippen molar-refractivity contribution in [2.24, 2.45) is 0 Å². The van der Waals surface area contributed by atoms with Crippen LogP contribution in [0.1, 0.15) is 22.7 Å². The smallest absolute Gasteiger partial charge is 0.339 e.